The van der Waals surface area contributed by atoms with Gasteiger partial charge >= 0.3 is 6.09 Å². The molecule has 1 aliphatic rings. The smallest absolute Gasteiger partial charge is 0.414 e. The number of carbonyl (C=O) groups excluding carboxylic acids is 1. The lowest BCUT2D eigenvalue weighted by Gasteiger charge is -2.12. The van der Waals surface area contributed by atoms with E-state index >= 15 is 0 Å². The van der Waals surface area contributed by atoms with Crippen molar-refractivity contribution in [2.45, 2.75) is 0 Å². The van der Waals surface area contributed by atoms with Gasteiger partial charge in [0.25, 0.3) is 0 Å². The van der Waals surface area contributed by atoms with Crippen LogP contribution in [0.15, 0.2) is 18.2 Å². The average molecular weight is 248 g/mol. The van der Waals surface area contributed by atoms with Gasteiger partial charge in [-0.2, -0.15) is 0 Å². The Bertz CT molecular complexity index is 386. The van der Waals surface area contributed by atoms with Crippen molar-refractivity contribution in [3.63, 3.8) is 0 Å². The second kappa shape index (κ2) is 5.55. The first-order valence-electron chi connectivity index (χ1n) is 4.49. The third kappa shape index (κ3) is 2.55. The molecule has 0 aliphatic carbocycles. The number of alkyl halides is 1. The molecule has 1 fully saturated rings. The Kier molecular flexibility index (Phi) is 4.37. The number of rotatable bonds is 1. The van der Waals surface area contributed by atoms with Crippen molar-refractivity contribution < 1.29 is 19.0 Å². The molecule has 0 spiro atoms. The lowest BCUT2D eigenvalue weighted by atomic mass is 10.2. The van der Waals surface area contributed by atoms with Crippen LogP contribution in [0, 0.1) is 5.82 Å². The predicted octanol–water partition coefficient (Wildman–Crippen LogP) is 2.34. The quantitative estimate of drug-likeness (QED) is 0.775. The van der Waals surface area contributed by atoms with Crippen LogP contribution in [0.2, 0.25) is 0 Å². The molecule has 1 N–H and O–H groups in total. The molecular weight excluding hydrogens is 237 g/mol. The highest BCUT2D eigenvalue weighted by atomic mass is 35.5. The second-order valence-corrected chi connectivity index (χ2v) is 2.90. The molecule has 1 aliphatic heterocycles. The highest BCUT2D eigenvalue weighted by Crippen LogP contribution is 2.24. The fourth-order valence-electron chi connectivity index (χ4n) is 1.29. The van der Waals surface area contributed by atoms with Gasteiger partial charge in [-0.3, -0.25) is 4.90 Å². The number of phenols is 1. The summed E-state index contributed by atoms with van der Waals surface area (Å²) in [6, 6.07) is 3.77. The van der Waals surface area contributed by atoms with Crippen LogP contribution in [0.1, 0.15) is 0 Å². The molecule has 1 aromatic rings. The summed E-state index contributed by atoms with van der Waals surface area (Å²) >= 11 is 4.64. The number of halogens is 2. The number of anilines is 1. The Morgan fingerprint density at radius 1 is 1.50 bits per heavy atom. The van der Waals surface area contributed by atoms with E-state index in [9.17, 15) is 9.18 Å². The third-order valence-electron chi connectivity index (χ3n) is 2.00. The summed E-state index contributed by atoms with van der Waals surface area (Å²) in [5.74, 6) is -1.18. The van der Waals surface area contributed by atoms with E-state index in [1.807, 2.05) is 0 Å². The van der Waals surface area contributed by atoms with E-state index < -0.39 is 17.7 Å². The molecule has 4 nitrogen and oxygen atoms in total. The summed E-state index contributed by atoms with van der Waals surface area (Å²) in [7, 11) is 0. The van der Waals surface area contributed by atoms with Crippen LogP contribution in [0.25, 0.3) is 0 Å². The molecule has 0 saturated carbocycles. The van der Waals surface area contributed by atoms with Crippen molar-refractivity contribution in [2.24, 2.45) is 0 Å². The van der Waals surface area contributed by atoms with E-state index in [2.05, 4.69) is 11.6 Å². The largest absolute Gasteiger partial charge is 0.505 e. The van der Waals surface area contributed by atoms with Crippen molar-refractivity contribution in [1.29, 1.82) is 0 Å². The highest BCUT2D eigenvalue weighted by molar-refractivity contribution is 6.15. The Labute approximate surface area is 97.2 Å². The van der Waals surface area contributed by atoms with Crippen molar-refractivity contribution in [3.8, 4) is 5.75 Å². The van der Waals surface area contributed by atoms with Gasteiger partial charge in [-0.25, -0.2) is 9.18 Å². The van der Waals surface area contributed by atoms with Gasteiger partial charge in [-0.05, 0) is 12.1 Å². The minimum absolute atomic E-state index is 0.307. The van der Waals surface area contributed by atoms with Crippen molar-refractivity contribution in [2.75, 3.05) is 24.4 Å². The summed E-state index contributed by atoms with van der Waals surface area (Å²) in [4.78, 5) is 12.4. The first-order valence-corrected chi connectivity index (χ1v) is 5.24. The van der Waals surface area contributed by atoms with E-state index in [-0.39, 0.29) is 0 Å². The topological polar surface area (TPSA) is 49.8 Å². The monoisotopic (exact) mass is 247 g/mol. The SMILES string of the molecule is CCl.O=C1OCCN1c1ccc(O)c(F)c1. The molecular formula is C10H11ClFNO3. The van der Waals surface area contributed by atoms with Crippen molar-refractivity contribution in [1.82, 2.24) is 0 Å². The molecule has 0 atom stereocenters. The van der Waals surface area contributed by atoms with Crippen LogP contribution < -0.4 is 4.90 Å². The molecule has 6 heteroatoms. The van der Waals surface area contributed by atoms with Crippen LogP contribution >= 0.6 is 11.6 Å². The van der Waals surface area contributed by atoms with E-state index in [1.165, 1.54) is 23.4 Å². The number of ether oxygens (including phenoxy) is 1. The molecule has 1 saturated heterocycles. The minimum Gasteiger partial charge on any atom is -0.505 e. The van der Waals surface area contributed by atoms with Crippen LogP contribution in [0.3, 0.4) is 0 Å². The molecule has 16 heavy (non-hydrogen) atoms. The average Bonchev–Trinajstić information content (AvgIpc) is 2.72. The number of benzene rings is 1. The Balaban J connectivity index is 0.000000606. The zero-order valence-corrected chi connectivity index (χ0v) is 9.37. The van der Waals surface area contributed by atoms with Gasteiger partial charge in [-0.1, -0.05) is 0 Å². The fraction of sp³-hybridized carbons (Fsp3) is 0.300. The maximum Gasteiger partial charge on any atom is 0.414 e. The lowest BCUT2D eigenvalue weighted by Crippen LogP contribution is -2.23. The van der Waals surface area contributed by atoms with Gasteiger partial charge in [0.1, 0.15) is 6.61 Å². The van der Waals surface area contributed by atoms with Gasteiger partial charge < -0.3 is 9.84 Å². The number of hydrogen-bond donors (Lipinski definition) is 1. The zero-order chi connectivity index (χ0) is 12.1. The van der Waals surface area contributed by atoms with E-state index in [4.69, 9.17) is 9.84 Å². The van der Waals surface area contributed by atoms with Gasteiger partial charge in [0.05, 0.1) is 12.2 Å². The van der Waals surface area contributed by atoms with Crippen molar-refractivity contribution in [3.05, 3.63) is 24.0 Å². The van der Waals surface area contributed by atoms with Crippen LogP contribution in [0.4, 0.5) is 14.9 Å². The molecule has 2 rings (SSSR count). The molecule has 1 aromatic carbocycles. The molecule has 88 valence electrons. The number of amides is 1. The van der Waals surface area contributed by atoms with E-state index in [0.717, 1.165) is 6.07 Å². The molecule has 0 unspecified atom stereocenters. The minimum atomic E-state index is -0.748. The molecule has 0 radical (unpaired) electrons. The first-order chi connectivity index (χ1) is 7.68. The third-order valence-corrected chi connectivity index (χ3v) is 2.00. The van der Waals surface area contributed by atoms with Gasteiger partial charge in [0.15, 0.2) is 11.6 Å². The number of aromatic hydroxyl groups is 1. The molecule has 1 amide bonds. The number of nitrogens with zero attached hydrogens (tertiary/aromatic N) is 1. The molecule has 1 heterocycles. The van der Waals surface area contributed by atoms with Crippen molar-refractivity contribution >= 4 is 23.4 Å². The summed E-state index contributed by atoms with van der Waals surface area (Å²) in [6.07, 6.45) is 0.982. The number of phenolic OH excluding ortho intramolecular Hbond substituents is 1. The van der Waals surface area contributed by atoms with Gasteiger partial charge in [0, 0.05) is 12.4 Å². The summed E-state index contributed by atoms with van der Waals surface area (Å²) < 4.78 is 17.6. The standard InChI is InChI=1S/C9H8FNO3.CH3Cl/c10-7-5-6(1-2-8(7)12)11-3-4-14-9(11)13;1-2/h1-2,5,12H,3-4H2;1H3. The van der Waals surface area contributed by atoms with Crippen LogP contribution in [0.5, 0.6) is 5.75 Å². The maximum atomic E-state index is 12.9. The van der Waals surface area contributed by atoms with E-state index in [0.29, 0.717) is 18.8 Å². The Hall–Kier alpha value is -1.49. The number of cyclic esters (lactones) is 1. The predicted molar refractivity (Wildman–Crippen MR) is 58.5 cm³/mol. The Morgan fingerprint density at radius 3 is 2.69 bits per heavy atom. The lowest BCUT2D eigenvalue weighted by molar-refractivity contribution is 0.181. The first kappa shape index (κ1) is 12.6. The highest BCUT2D eigenvalue weighted by Gasteiger charge is 2.24. The second-order valence-electron chi connectivity index (χ2n) is 2.90. The van der Waals surface area contributed by atoms with E-state index in [1.54, 1.807) is 0 Å². The van der Waals surface area contributed by atoms with Gasteiger partial charge in [0.2, 0.25) is 0 Å². The molecule has 0 aromatic heterocycles. The maximum absolute atomic E-state index is 12.9. The summed E-state index contributed by atoms with van der Waals surface area (Å²) in [6.45, 7) is 0.713. The summed E-state index contributed by atoms with van der Waals surface area (Å²) in [5.41, 5.74) is 0.391. The van der Waals surface area contributed by atoms with Crippen LogP contribution in [-0.4, -0.2) is 30.7 Å². The summed E-state index contributed by atoms with van der Waals surface area (Å²) in [5, 5.41) is 8.94. The Morgan fingerprint density at radius 2 is 2.19 bits per heavy atom. The number of carbonyl (C=O) groups is 1. The number of hydrogen-bond acceptors (Lipinski definition) is 3. The zero-order valence-electron chi connectivity index (χ0n) is 8.61. The normalized spacial score (nSPS) is 14.2. The fourth-order valence-corrected chi connectivity index (χ4v) is 1.29. The molecule has 0 bridgehead atoms. The van der Waals surface area contributed by atoms with Crippen LogP contribution in [-0.2, 0) is 4.74 Å². The van der Waals surface area contributed by atoms with Gasteiger partial charge in [-0.15, -0.1) is 11.6 Å².